The molecule has 0 saturated heterocycles. The summed E-state index contributed by atoms with van der Waals surface area (Å²) in [7, 11) is 0. The lowest BCUT2D eigenvalue weighted by atomic mass is 9.86. The summed E-state index contributed by atoms with van der Waals surface area (Å²) in [6.45, 7) is 3.40. The van der Waals surface area contributed by atoms with Crippen molar-refractivity contribution in [3.8, 4) is 0 Å². The second-order valence-corrected chi connectivity index (χ2v) is 6.12. The molecule has 0 heterocycles. The monoisotopic (exact) mass is 329 g/mol. The fraction of sp³-hybridized carbons (Fsp3) is 0.571. The van der Waals surface area contributed by atoms with Crippen LogP contribution in [0.5, 0.6) is 0 Å². The van der Waals surface area contributed by atoms with Crippen molar-refractivity contribution in [2.24, 2.45) is 5.92 Å². The fourth-order valence-corrected chi connectivity index (χ4v) is 2.83. The molecule has 1 fully saturated rings. The molecule has 1 saturated carbocycles. The molecule has 0 amide bonds. The summed E-state index contributed by atoms with van der Waals surface area (Å²) in [6.07, 6.45) is 5.56. The van der Waals surface area contributed by atoms with E-state index in [1.165, 1.54) is 34.8 Å². The molecule has 0 aliphatic heterocycles. The van der Waals surface area contributed by atoms with Crippen molar-refractivity contribution in [1.29, 1.82) is 0 Å². The lowest BCUT2D eigenvalue weighted by molar-refractivity contribution is 0.279. The summed E-state index contributed by atoms with van der Waals surface area (Å²) in [5.74, 6) is 0.845. The van der Waals surface area contributed by atoms with Gasteiger partial charge in [-0.25, -0.2) is 0 Å². The molecular weight excluding hydrogens is 309 g/mol. The highest BCUT2D eigenvalue weighted by Crippen LogP contribution is 2.23. The van der Waals surface area contributed by atoms with E-state index in [-0.39, 0.29) is 0 Å². The molecule has 0 spiro atoms. The molecule has 1 aliphatic rings. The third-order valence-electron chi connectivity index (χ3n) is 3.59. The predicted molar refractivity (Wildman–Crippen MR) is 77.4 cm³/mol. The molecule has 2 heteroatoms. The molecule has 1 N–H and O–H groups in total. The predicted octanol–water partition coefficient (Wildman–Crippen LogP) is 3.96. The molecule has 0 aromatic heterocycles. The summed E-state index contributed by atoms with van der Waals surface area (Å²) < 4.78 is 1.31. The second kappa shape index (κ2) is 6.01. The maximum absolute atomic E-state index is 3.70. The van der Waals surface area contributed by atoms with E-state index in [2.05, 4.69) is 59.1 Å². The minimum Gasteiger partial charge on any atom is -0.310 e. The Balaban J connectivity index is 1.84. The Hall–Kier alpha value is -0.0900. The quantitative estimate of drug-likeness (QED) is 0.828. The van der Waals surface area contributed by atoms with Gasteiger partial charge in [-0.05, 0) is 59.0 Å². The zero-order chi connectivity index (χ0) is 11.4. The average molecular weight is 329 g/mol. The fourth-order valence-electron chi connectivity index (χ4n) is 2.47. The van der Waals surface area contributed by atoms with Crippen LogP contribution in [0.1, 0.15) is 38.2 Å². The van der Waals surface area contributed by atoms with Crippen molar-refractivity contribution in [3.63, 3.8) is 0 Å². The van der Waals surface area contributed by atoms with Gasteiger partial charge in [0.15, 0.2) is 0 Å². The summed E-state index contributed by atoms with van der Waals surface area (Å²) in [5, 5.41) is 3.70. The van der Waals surface area contributed by atoms with Crippen LogP contribution < -0.4 is 5.32 Å². The SMILES string of the molecule is CC1CCCCC1NCc1ccc(I)cc1. The molecule has 16 heavy (non-hydrogen) atoms. The first-order valence-corrected chi connectivity index (χ1v) is 7.31. The Morgan fingerprint density at radius 2 is 1.88 bits per heavy atom. The zero-order valence-electron chi connectivity index (χ0n) is 9.88. The maximum atomic E-state index is 3.70. The van der Waals surface area contributed by atoms with Gasteiger partial charge in [-0.15, -0.1) is 0 Å². The molecule has 0 radical (unpaired) electrons. The standard InChI is InChI=1S/C14H20IN/c1-11-4-2-3-5-14(11)16-10-12-6-8-13(15)9-7-12/h6-9,11,14,16H,2-5,10H2,1H3. The van der Waals surface area contributed by atoms with E-state index in [9.17, 15) is 0 Å². The van der Waals surface area contributed by atoms with Crippen LogP contribution in [-0.2, 0) is 6.54 Å². The van der Waals surface area contributed by atoms with Gasteiger partial charge in [-0.1, -0.05) is 31.9 Å². The molecule has 1 aliphatic carbocycles. The third-order valence-corrected chi connectivity index (χ3v) is 4.31. The van der Waals surface area contributed by atoms with Crippen molar-refractivity contribution in [2.75, 3.05) is 0 Å². The molecule has 1 aromatic rings. The maximum Gasteiger partial charge on any atom is 0.0208 e. The van der Waals surface area contributed by atoms with Crippen molar-refractivity contribution in [3.05, 3.63) is 33.4 Å². The largest absolute Gasteiger partial charge is 0.310 e. The summed E-state index contributed by atoms with van der Waals surface area (Å²) in [6, 6.07) is 9.54. The lowest BCUT2D eigenvalue weighted by Gasteiger charge is -2.29. The van der Waals surface area contributed by atoms with Crippen LogP contribution in [0, 0.1) is 9.49 Å². The Kier molecular flexibility index (Phi) is 4.65. The topological polar surface area (TPSA) is 12.0 Å². The van der Waals surface area contributed by atoms with Crippen molar-refractivity contribution in [1.82, 2.24) is 5.32 Å². The minimum atomic E-state index is 0.730. The summed E-state index contributed by atoms with van der Waals surface area (Å²) in [4.78, 5) is 0. The van der Waals surface area contributed by atoms with Crippen LogP contribution in [0.15, 0.2) is 24.3 Å². The van der Waals surface area contributed by atoms with Crippen molar-refractivity contribution < 1.29 is 0 Å². The molecule has 2 unspecified atom stereocenters. The van der Waals surface area contributed by atoms with Gasteiger partial charge >= 0.3 is 0 Å². The molecule has 88 valence electrons. The number of nitrogens with one attached hydrogen (secondary N) is 1. The first-order valence-electron chi connectivity index (χ1n) is 6.23. The number of halogens is 1. The van der Waals surface area contributed by atoms with Crippen LogP contribution in [0.2, 0.25) is 0 Å². The van der Waals surface area contributed by atoms with Crippen molar-refractivity contribution in [2.45, 2.75) is 45.2 Å². The number of hydrogen-bond acceptors (Lipinski definition) is 1. The highest BCUT2D eigenvalue weighted by Gasteiger charge is 2.20. The Labute approximate surface area is 112 Å². The van der Waals surface area contributed by atoms with Gasteiger partial charge in [0.2, 0.25) is 0 Å². The van der Waals surface area contributed by atoms with E-state index >= 15 is 0 Å². The molecule has 2 rings (SSSR count). The van der Waals surface area contributed by atoms with Crippen LogP contribution in [-0.4, -0.2) is 6.04 Å². The van der Waals surface area contributed by atoms with Gasteiger partial charge in [0.25, 0.3) is 0 Å². The highest BCUT2D eigenvalue weighted by atomic mass is 127. The van der Waals surface area contributed by atoms with Crippen LogP contribution in [0.3, 0.4) is 0 Å². The van der Waals surface area contributed by atoms with E-state index in [0.29, 0.717) is 0 Å². The van der Waals surface area contributed by atoms with Crippen LogP contribution in [0.25, 0.3) is 0 Å². The van der Waals surface area contributed by atoms with E-state index in [1.807, 2.05) is 0 Å². The second-order valence-electron chi connectivity index (χ2n) is 4.88. The molecule has 1 nitrogen and oxygen atoms in total. The Bertz CT molecular complexity index is 320. The minimum absolute atomic E-state index is 0.730. The van der Waals surface area contributed by atoms with Gasteiger partial charge in [0, 0.05) is 16.2 Å². The zero-order valence-corrected chi connectivity index (χ0v) is 12.0. The van der Waals surface area contributed by atoms with Gasteiger partial charge in [-0.2, -0.15) is 0 Å². The van der Waals surface area contributed by atoms with Gasteiger partial charge in [0.05, 0.1) is 0 Å². The van der Waals surface area contributed by atoms with Crippen molar-refractivity contribution >= 4 is 22.6 Å². The number of benzene rings is 1. The van der Waals surface area contributed by atoms with Gasteiger partial charge in [0.1, 0.15) is 0 Å². The first-order chi connectivity index (χ1) is 7.75. The smallest absolute Gasteiger partial charge is 0.0208 e. The number of rotatable bonds is 3. The Morgan fingerprint density at radius 3 is 2.56 bits per heavy atom. The van der Waals surface area contributed by atoms with E-state index < -0.39 is 0 Å². The van der Waals surface area contributed by atoms with E-state index in [1.54, 1.807) is 0 Å². The molecule has 1 aromatic carbocycles. The van der Waals surface area contributed by atoms with E-state index in [0.717, 1.165) is 18.5 Å². The highest BCUT2D eigenvalue weighted by molar-refractivity contribution is 14.1. The third kappa shape index (κ3) is 3.45. The lowest BCUT2D eigenvalue weighted by Crippen LogP contribution is -2.36. The van der Waals surface area contributed by atoms with Crippen LogP contribution in [0.4, 0.5) is 0 Å². The Morgan fingerprint density at radius 1 is 1.19 bits per heavy atom. The number of hydrogen-bond donors (Lipinski definition) is 1. The normalized spacial score (nSPS) is 25.6. The van der Waals surface area contributed by atoms with Gasteiger partial charge in [-0.3, -0.25) is 0 Å². The molecular formula is C14H20IN. The summed E-state index contributed by atoms with van der Waals surface area (Å²) >= 11 is 2.35. The molecule has 2 atom stereocenters. The average Bonchev–Trinajstić information content (AvgIpc) is 2.30. The van der Waals surface area contributed by atoms with Gasteiger partial charge < -0.3 is 5.32 Å². The van der Waals surface area contributed by atoms with E-state index in [4.69, 9.17) is 0 Å². The first kappa shape index (κ1) is 12.4. The summed E-state index contributed by atoms with van der Waals surface area (Å²) in [5.41, 5.74) is 1.40. The molecule has 0 bridgehead atoms. The van der Waals surface area contributed by atoms with Crippen LogP contribution >= 0.6 is 22.6 Å².